The van der Waals surface area contributed by atoms with Crippen LogP contribution in [0.25, 0.3) is 0 Å². The Bertz CT molecular complexity index is 471. The van der Waals surface area contributed by atoms with Crippen molar-refractivity contribution in [2.24, 2.45) is 0 Å². The van der Waals surface area contributed by atoms with E-state index in [1.807, 2.05) is 24.5 Å². The molecule has 2 aromatic heterocycles. The van der Waals surface area contributed by atoms with Crippen molar-refractivity contribution in [3.8, 4) is 0 Å². The molecule has 0 aliphatic heterocycles. The van der Waals surface area contributed by atoms with Crippen molar-refractivity contribution in [1.29, 1.82) is 0 Å². The summed E-state index contributed by atoms with van der Waals surface area (Å²) in [5.41, 5.74) is 0.445. The largest absolute Gasteiger partial charge is 0.353 e. The number of pyridine rings is 1. The van der Waals surface area contributed by atoms with E-state index in [4.69, 9.17) is 0 Å². The molecule has 0 aliphatic rings. The van der Waals surface area contributed by atoms with Crippen molar-refractivity contribution < 1.29 is 4.39 Å². The van der Waals surface area contributed by atoms with E-state index < -0.39 is 0 Å². The molecule has 0 radical (unpaired) electrons. The van der Waals surface area contributed by atoms with Crippen LogP contribution in [0.3, 0.4) is 0 Å². The lowest BCUT2D eigenvalue weighted by atomic mass is 10.3. The highest BCUT2D eigenvalue weighted by Gasteiger charge is 2.03. The molecule has 0 bridgehead atoms. The maximum Gasteiger partial charge on any atom is 0.147 e. The normalized spacial score (nSPS) is 10.7. The van der Waals surface area contributed by atoms with Gasteiger partial charge in [0.05, 0.1) is 5.69 Å². The second-order valence-electron chi connectivity index (χ2n) is 3.68. The molecule has 0 saturated carbocycles. The Kier molecular flexibility index (Phi) is 4.28. The molecular weight excluding hydrogens is 285 g/mol. The van der Waals surface area contributed by atoms with Gasteiger partial charge in [-0.05, 0) is 34.1 Å². The maximum absolute atomic E-state index is 13.4. The van der Waals surface area contributed by atoms with Crippen LogP contribution >= 0.6 is 15.9 Å². The summed E-state index contributed by atoms with van der Waals surface area (Å²) < 4.78 is 16.1. The van der Waals surface area contributed by atoms with Crippen LogP contribution in [0.4, 0.5) is 4.39 Å². The van der Waals surface area contributed by atoms with Gasteiger partial charge in [0.1, 0.15) is 5.82 Å². The van der Waals surface area contributed by atoms with Crippen molar-refractivity contribution in [1.82, 2.24) is 14.9 Å². The van der Waals surface area contributed by atoms with Crippen LogP contribution in [0.1, 0.15) is 5.69 Å². The van der Waals surface area contributed by atoms with E-state index >= 15 is 0 Å². The van der Waals surface area contributed by atoms with Crippen LogP contribution in [-0.4, -0.2) is 16.1 Å². The highest BCUT2D eigenvalue weighted by molar-refractivity contribution is 9.10. The van der Waals surface area contributed by atoms with Gasteiger partial charge in [0.2, 0.25) is 0 Å². The lowest BCUT2D eigenvalue weighted by molar-refractivity contribution is 0.553. The first-order valence-electron chi connectivity index (χ1n) is 5.37. The fourth-order valence-electron chi connectivity index (χ4n) is 1.51. The van der Waals surface area contributed by atoms with Gasteiger partial charge in [-0.1, -0.05) is 0 Å². The maximum atomic E-state index is 13.4. The summed E-state index contributed by atoms with van der Waals surface area (Å²) >= 11 is 3.18. The molecule has 17 heavy (non-hydrogen) atoms. The van der Waals surface area contributed by atoms with Gasteiger partial charge in [0, 0.05) is 42.7 Å². The summed E-state index contributed by atoms with van der Waals surface area (Å²) in [5, 5.41) is 3.16. The molecule has 2 heterocycles. The molecule has 0 saturated heterocycles. The molecule has 3 nitrogen and oxygen atoms in total. The van der Waals surface area contributed by atoms with Gasteiger partial charge >= 0.3 is 0 Å². The van der Waals surface area contributed by atoms with E-state index in [9.17, 15) is 4.39 Å². The van der Waals surface area contributed by atoms with Crippen LogP contribution < -0.4 is 5.32 Å². The Morgan fingerprint density at radius 1 is 1.35 bits per heavy atom. The topological polar surface area (TPSA) is 29.9 Å². The zero-order valence-corrected chi connectivity index (χ0v) is 10.8. The van der Waals surface area contributed by atoms with Crippen molar-refractivity contribution >= 4 is 15.9 Å². The predicted octanol–water partition coefficient (Wildman–Crippen LogP) is 2.57. The van der Waals surface area contributed by atoms with Crippen molar-refractivity contribution in [3.05, 3.63) is 52.8 Å². The number of hydrogen-bond donors (Lipinski definition) is 1. The minimum absolute atomic E-state index is 0.284. The first-order chi connectivity index (χ1) is 8.25. The summed E-state index contributed by atoms with van der Waals surface area (Å²) in [7, 11) is 0. The smallest absolute Gasteiger partial charge is 0.147 e. The monoisotopic (exact) mass is 297 g/mol. The first-order valence-corrected chi connectivity index (χ1v) is 6.16. The number of nitrogens with zero attached hydrogens (tertiary/aromatic N) is 2. The van der Waals surface area contributed by atoms with Crippen LogP contribution in [0.15, 0.2) is 41.3 Å². The Morgan fingerprint density at radius 3 is 2.82 bits per heavy atom. The third-order valence-electron chi connectivity index (χ3n) is 2.39. The lowest BCUT2D eigenvalue weighted by Gasteiger charge is -2.06. The van der Waals surface area contributed by atoms with Crippen molar-refractivity contribution in [2.45, 2.75) is 13.1 Å². The predicted molar refractivity (Wildman–Crippen MR) is 68.0 cm³/mol. The summed E-state index contributed by atoms with van der Waals surface area (Å²) in [4.78, 5) is 4.02. The van der Waals surface area contributed by atoms with Crippen LogP contribution in [0.2, 0.25) is 0 Å². The standard InChI is InChI=1S/C12H13BrFN3/c13-10-7-11(14)12(16-8-10)9-15-3-6-17-4-1-2-5-17/h1-2,4-5,7-8,15H,3,6,9H2. The molecule has 0 fully saturated rings. The van der Waals surface area contributed by atoms with Crippen LogP contribution in [0, 0.1) is 5.82 Å². The Hall–Kier alpha value is -1.20. The van der Waals surface area contributed by atoms with Gasteiger partial charge in [0.15, 0.2) is 0 Å². The van der Waals surface area contributed by atoms with Crippen LogP contribution in [-0.2, 0) is 13.1 Å². The molecule has 0 spiro atoms. The average Bonchev–Trinajstić information content (AvgIpc) is 2.79. The molecule has 0 aromatic carbocycles. The minimum Gasteiger partial charge on any atom is -0.353 e. The summed E-state index contributed by atoms with van der Waals surface area (Å²) in [6.07, 6.45) is 5.60. The number of nitrogens with one attached hydrogen (secondary N) is 1. The molecule has 5 heteroatoms. The van der Waals surface area contributed by atoms with E-state index in [0.717, 1.165) is 13.1 Å². The molecule has 2 rings (SSSR count). The van der Waals surface area contributed by atoms with Gasteiger partial charge in [-0.2, -0.15) is 0 Å². The molecule has 2 aromatic rings. The van der Waals surface area contributed by atoms with E-state index in [0.29, 0.717) is 16.7 Å². The van der Waals surface area contributed by atoms with Gasteiger partial charge in [-0.25, -0.2) is 4.39 Å². The second-order valence-corrected chi connectivity index (χ2v) is 4.60. The molecule has 1 N–H and O–H groups in total. The van der Waals surface area contributed by atoms with E-state index in [1.165, 1.54) is 6.07 Å². The average molecular weight is 298 g/mol. The van der Waals surface area contributed by atoms with Crippen LogP contribution in [0.5, 0.6) is 0 Å². The zero-order chi connectivity index (χ0) is 12.1. The van der Waals surface area contributed by atoms with Crippen molar-refractivity contribution in [2.75, 3.05) is 6.54 Å². The summed E-state index contributed by atoms with van der Waals surface area (Å²) in [6.45, 7) is 2.09. The van der Waals surface area contributed by atoms with Gasteiger partial charge < -0.3 is 9.88 Å². The highest BCUT2D eigenvalue weighted by atomic mass is 79.9. The molecule has 0 amide bonds. The van der Waals surface area contributed by atoms with Gasteiger partial charge in [-0.3, -0.25) is 4.98 Å². The van der Waals surface area contributed by atoms with Gasteiger partial charge in [0.25, 0.3) is 0 Å². The molecule has 0 atom stereocenters. The van der Waals surface area contributed by atoms with Gasteiger partial charge in [-0.15, -0.1) is 0 Å². The quantitative estimate of drug-likeness (QED) is 0.860. The zero-order valence-electron chi connectivity index (χ0n) is 9.24. The number of aromatic nitrogens is 2. The SMILES string of the molecule is Fc1cc(Br)cnc1CNCCn1cccc1. The van der Waals surface area contributed by atoms with E-state index in [1.54, 1.807) is 6.20 Å². The second kappa shape index (κ2) is 5.93. The third-order valence-corrected chi connectivity index (χ3v) is 2.82. The Labute approximate surface area is 108 Å². The summed E-state index contributed by atoms with van der Waals surface area (Å²) in [5.74, 6) is -0.284. The molecule has 90 valence electrons. The van der Waals surface area contributed by atoms with Crippen molar-refractivity contribution in [3.63, 3.8) is 0 Å². The lowest BCUT2D eigenvalue weighted by Crippen LogP contribution is -2.20. The first kappa shape index (κ1) is 12.3. The fraction of sp³-hybridized carbons (Fsp3) is 0.250. The Morgan fingerprint density at radius 2 is 2.12 bits per heavy atom. The number of rotatable bonds is 5. The minimum atomic E-state index is -0.284. The molecular formula is C12H13BrFN3. The van der Waals surface area contributed by atoms with E-state index in [-0.39, 0.29) is 5.82 Å². The van der Waals surface area contributed by atoms with E-state index in [2.05, 4.69) is 30.8 Å². The Balaban J connectivity index is 1.78. The molecule has 0 aliphatic carbocycles. The number of halogens is 2. The summed E-state index contributed by atoms with van der Waals surface area (Å²) in [6, 6.07) is 5.39. The highest BCUT2D eigenvalue weighted by Crippen LogP contribution is 2.11. The molecule has 0 unspecified atom stereocenters. The number of hydrogen-bond acceptors (Lipinski definition) is 2. The fourth-order valence-corrected chi connectivity index (χ4v) is 1.81. The third kappa shape index (κ3) is 3.64.